The number of rotatable bonds is 3. The van der Waals surface area contributed by atoms with E-state index >= 15 is 0 Å². The minimum Gasteiger partial charge on any atom is -0.321 e. The van der Waals surface area contributed by atoms with E-state index in [4.69, 9.17) is 0 Å². The maximum absolute atomic E-state index is 12.8. The van der Waals surface area contributed by atoms with Crippen molar-refractivity contribution >= 4 is 11.6 Å². The van der Waals surface area contributed by atoms with Crippen LogP contribution in [-0.4, -0.2) is 21.1 Å². The second-order valence-corrected chi connectivity index (χ2v) is 4.36. The highest BCUT2D eigenvalue weighted by molar-refractivity contribution is 6.03. The topological polar surface area (TPSA) is 70.7 Å². The number of benzene rings is 1. The highest BCUT2D eigenvalue weighted by atomic mass is 19.1. The minimum absolute atomic E-state index is 0.325. The van der Waals surface area contributed by atoms with E-state index in [9.17, 15) is 9.18 Å². The Kier molecular flexibility index (Phi) is 3.42. The first kappa shape index (κ1) is 13.0. The number of anilines is 1. The van der Waals surface area contributed by atoms with Crippen molar-refractivity contribution in [1.29, 1.82) is 0 Å². The Bertz CT molecular complexity index is 753. The fourth-order valence-electron chi connectivity index (χ4n) is 1.84. The van der Waals surface area contributed by atoms with Crippen molar-refractivity contribution < 1.29 is 9.18 Å². The molecule has 0 spiro atoms. The molecule has 1 amide bonds. The fourth-order valence-corrected chi connectivity index (χ4v) is 1.84. The zero-order valence-corrected chi connectivity index (χ0v) is 10.9. The van der Waals surface area contributed by atoms with Crippen LogP contribution >= 0.6 is 0 Å². The van der Waals surface area contributed by atoms with Gasteiger partial charge >= 0.3 is 0 Å². The molecule has 0 fully saturated rings. The van der Waals surface area contributed by atoms with Crippen LogP contribution in [0.1, 0.15) is 10.5 Å². The van der Waals surface area contributed by atoms with E-state index in [0.717, 1.165) is 5.56 Å². The molecule has 0 aliphatic carbocycles. The third kappa shape index (κ3) is 2.94. The molecule has 104 valence electrons. The quantitative estimate of drug-likeness (QED) is 0.776. The summed E-state index contributed by atoms with van der Waals surface area (Å²) in [6, 6.07) is 10.8. The highest BCUT2D eigenvalue weighted by Gasteiger charge is 2.11. The maximum atomic E-state index is 12.8. The Morgan fingerprint density at radius 1 is 1.10 bits per heavy atom. The van der Waals surface area contributed by atoms with Gasteiger partial charge in [-0.3, -0.25) is 14.9 Å². The Hall–Kier alpha value is -3.02. The first-order chi connectivity index (χ1) is 10.2. The second-order valence-electron chi connectivity index (χ2n) is 4.36. The zero-order valence-electron chi connectivity index (χ0n) is 10.9. The van der Waals surface area contributed by atoms with Crippen LogP contribution in [0.5, 0.6) is 0 Å². The van der Waals surface area contributed by atoms with E-state index in [0.29, 0.717) is 17.1 Å². The molecule has 5 nitrogen and oxygen atoms in total. The van der Waals surface area contributed by atoms with Gasteiger partial charge in [-0.15, -0.1) is 0 Å². The summed E-state index contributed by atoms with van der Waals surface area (Å²) in [4.78, 5) is 16.0. The summed E-state index contributed by atoms with van der Waals surface area (Å²) in [7, 11) is 0. The molecule has 2 aromatic heterocycles. The molecular formula is C15H11FN4O. The molecule has 0 aliphatic rings. The number of hydrogen-bond acceptors (Lipinski definition) is 3. The first-order valence-electron chi connectivity index (χ1n) is 6.25. The SMILES string of the molecule is O=C(Nc1ccc(F)cc1)c1cc(-c2ccncc2)n[nH]1. The predicted molar refractivity (Wildman–Crippen MR) is 76.2 cm³/mol. The average molecular weight is 282 g/mol. The van der Waals surface area contributed by atoms with E-state index in [2.05, 4.69) is 20.5 Å². The number of pyridine rings is 1. The van der Waals surface area contributed by atoms with Crippen LogP contribution in [0.2, 0.25) is 0 Å². The fraction of sp³-hybridized carbons (Fsp3) is 0. The number of amides is 1. The predicted octanol–water partition coefficient (Wildman–Crippen LogP) is 2.86. The van der Waals surface area contributed by atoms with Crippen molar-refractivity contribution in [2.24, 2.45) is 0 Å². The summed E-state index contributed by atoms with van der Waals surface area (Å²) in [6.07, 6.45) is 3.31. The normalized spacial score (nSPS) is 10.3. The number of H-pyrrole nitrogens is 1. The van der Waals surface area contributed by atoms with Gasteiger partial charge in [-0.25, -0.2) is 4.39 Å². The van der Waals surface area contributed by atoms with Gasteiger partial charge in [0.25, 0.3) is 5.91 Å². The summed E-state index contributed by atoms with van der Waals surface area (Å²) >= 11 is 0. The lowest BCUT2D eigenvalue weighted by Crippen LogP contribution is -2.12. The summed E-state index contributed by atoms with van der Waals surface area (Å²) in [5.74, 6) is -0.691. The van der Waals surface area contributed by atoms with Crippen LogP contribution in [0.15, 0.2) is 54.9 Å². The largest absolute Gasteiger partial charge is 0.321 e. The summed E-state index contributed by atoms with van der Waals surface area (Å²) in [5, 5.41) is 9.43. The Morgan fingerprint density at radius 2 is 1.81 bits per heavy atom. The van der Waals surface area contributed by atoms with E-state index in [-0.39, 0.29) is 11.7 Å². The third-order valence-corrected chi connectivity index (χ3v) is 2.90. The molecule has 6 heteroatoms. The second kappa shape index (κ2) is 5.54. The van der Waals surface area contributed by atoms with Gasteiger partial charge in [0.15, 0.2) is 0 Å². The maximum Gasteiger partial charge on any atom is 0.273 e. The lowest BCUT2D eigenvalue weighted by molar-refractivity contribution is 0.102. The molecule has 21 heavy (non-hydrogen) atoms. The van der Waals surface area contributed by atoms with Crippen molar-refractivity contribution in [3.8, 4) is 11.3 Å². The number of carbonyl (C=O) groups is 1. The van der Waals surface area contributed by atoms with Gasteiger partial charge in [-0.1, -0.05) is 0 Å². The van der Waals surface area contributed by atoms with Gasteiger partial charge in [-0.2, -0.15) is 5.10 Å². The van der Waals surface area contributed by atoms with Crippen LogP contribution in [0.25, 0.3) is 11.3 Å². The molecule has 2 heterocycles. The molecule has 3 aromatic rings. The summed E-state index contributed by atoms with van der Waals surface area (Å²) in [6.45, 7) is 0. The number of hydrogen-bond donors (Lipinski definition) is 2. The molecule has 0 saturated carbocycles. The Morgan fingerprint density at radius 3 is 2.52 bits per heavy atom. The molecular weight excluding hydrogens is 271 g/mol. The van der Waals surface area contributed by atoms with Crippen molar-refractivity contribution in [3.05, 3.63) is 66.4 Å². The average Bonchev–Trinajstić information content (AvgIpc) is 3.00. The molecule has 0 radical (unpaired) electrons. The van der Waals surface area contributed by atoms with E-state index in [1.165, 1.54) is 24.3 Å². The minimum atomic E-state index is -0.352. The van der Waals surface area contributed by atoms with Gasteiger partial charge in [0.1, 0.15) is 11.5 Å². The number of halogens is 1. The molecule has 3 rings (SSSR count). The van der Waals surface area contributed by atoms with E-state index < -0.39 is 0 Å². The highest BCUT2D eigenvalue weighted by Crippen LogP contribution is 2.17. The number of nitrogens with one attached hydrogen (secondary N) is 2. The number of carbonyl (C=O) groups excluding carboxylic acids is 1. The Balaban J connectivity index is 1.77. The molecule has 1 aromatic carbocycles. The molecule has 0 aliphatic heterocycles. The molecule has 0 unspecified atom stereocenters. The summed E-state index contributed by atoms with van der Waals surface area (Å²) < 4.78 is 12.8. The van der Waals surface area contributed by atoms with Crippen LogP contribution in [0, 0.1) is 5.82 Å². The number of nitrogens with zero attached hydrogens (tertiary/aromatic N) is 2. The lowest BCUT2D eigenvalue weighted by atomic mass is 10.2. The number of aromatic amines is 1. The van der Waals surface area contributed by atoms with Crippen LogP contribution in [0.3, 0.4) is 0 Å². The van der Waals surface area contributed by atoms with Gasteiger partial charge in [-0.05, 0) is 42.5 Å². The van der Waals surface area contributed by atoms with Crippen molar-refractivity contribution in [2.75, 3.05) is 5.32 Å². The van der Waals surface area contributed by atoms with Crippen molar-refractivity contribution in [3.63, 3.8) is 0 Å². The molecule has 0 saturated heterocycles. The van der Waals surface area contributed by atoms with Crippen molar-refractivity contribution in [2.45, 2.75) is 0 Å². The van der Waals surface area contributed by atoms with Crippen LogP contribution in [0.4, 0.5) is 10.1 Å². The first-order valence-corrected chi connectivity index (χ1v) is 6.25. The van der Waals surface area contributed by atoms with Gasteiger partial charge < -0.3 is 5.32 Å². The Labute approximate surface area is 119 Å². The van der Waals surface area contributed by atoms with Gasteiger partial charge in [0, 0.05) is 23.6 Å². The van der Waals surface area contributed by atoms with Crippen LogP contribution < -0.4 is 5.32 Å². The molecule has 0 bridgehead atoms. The monoisotopic (exact) mass is 282 g/mol. The standard InChI is InChI=1S/C15H11FN4O/c16-11-1-3-12(4-2-11)18-15(21)14-9-13(19-20-14)10-5-7-17-8-6-10/h1-9H,(H,18,21)(H,19,20). The molecule has 2 N–H and O–H groups in total. The summed E-state index contributed by atoms with van der Waals surface area (Å²) in [5.41, 5.74) is 2.36. The van der Waals surface area contributed by atoms with E-state index in [1.54, 1.807) is 30.6 Å². The molecule has 0 atom stereocenters. The van der Waals surface area contributed by atoms with Gasteiger partial charge in [0.05, 0.1) is 5.69 Å². The third-order valence-electron chi connectivity index (χ3n) is 2.90. The zero-order chi connectivity index (χ0) is 14.7. The van der Waals surface area contributed by atoms with Crippen molar-refractivity contribution in [1.82, 2.24) is 15.2 Å². The van der Waals surface area contributed by atoms with Gasteiger partial charge in [0.2, 0.25) is 0 Å². The van der Waals surface area contributed by atoms with Crippen LogP contribution in [-0.2, 0) is 0 Å². The lowest BCUT2D eigenvalue weighted by Gasteiger charge is -2.02. The number of aromatic nitrogens is 3. The van der Waals surface area contributed by atoms with E-state index in [1.807, 2.05) is 0 Å². The smallest absolute Gasteiger partial charge is 0.273 e.